The minimum absolute atomic E-state index is 0.108. The zero-order valence-electron chi connectivity index (χ0n) is 10.6. The van der Waals surface area contributed by atoms with Gasteiger partial charge >= 0.3 is 0 Å². The van der Waals surface area contributed by atoms with Gasteiger partial charge in [-0.2, -0.15) is 5.48 Å². The summed E-state index contributed by atoms with van der Waals surface area (Å²) in [4.78, 5) is 5.06. The predicted molar refractivity (Wildman–Crippen MR) is 68.4 cm³/mol. The van der Waals surface area contributed by atoms with Gasteiger partial charge in [-0.1, -0.05) is 11.6 Å². The summed E-state index contributed by atoms with van der Waals surface area (Å²) in [5, 5.41) is 0.729. The molecule has 3 nitrogen and oxygen atoms in total. The maximum atomic E-state index is 6.09. The predicted octanol–water partition coefficient (Wildman–Crippen LogP) is 3.40. The molecule has 1 heterocycles. The maximum absolute atomic E-state index is 6.09. The van der Waals surface area contributed by atoms with Crippen LogP contribution in [-0.4, -0.2) is 12.7 Å². The molecule has 1 aromatic carbocycles. The van der Waals surface area contributed by atoms with E-state index in [2.05, 4.69) is 19.3 Å². The summed E-state index contributed by atoms with van der Waals surface area (Å²) in [7, 11) is 1.62. The lowest BCUT2D eigenvalue weighted by Gasteiger charge is -2.38. The fourth-order valence-electron chi connectivity index (χ4n) is 2.32. The van der Waals surface area contributed by atoms with Gasteiger partial charge in [0.05, 0.1) is 13.2 Å². The molecule has 1 atom stereocenters. The lowest BCUT2D eigenvalue weighted by Crippen LogP contribution is -2.39. The topological polar surface area (TPSA) is 30.5 Å². The molecule has 0 amide bonds. The van der Waals surface area contributed by atoms with Crippen molar-refractivity contribution in [2.45, 2.75) is 38.8 Å². The molecule has 1 aromatic rings. The Morgan fingerprint density at radius 3 is 2.82 bits per heavy atom. The summed E-state index contributed by atoms with van der Waals surface area (Å²) in [6, 6.07) is 3.97. The average Bonchev–Trinajstić information content (AvgIpc) is 2.19. The van der Waals surface area contributed by atoms with Gasteiger partial charge in [0.25, 0.3) is 0 Å². The molecule has 1 N–H and O–H groups in total. The van der Waals surface area contributed by atoms with Crippen LogP contribution in [0.2, 0.25) is 5.02 Å². The Balaban J connectivity index is 2.48. The molecule has 0 radical (unpaired) electrons. The van der Waals surface area contributed by atoms with Crippen molar-refractivity contribution >= 4 is 11.6 Å². The van der Waals surface area contributed by atoms with Gasteiger partial charge < -0.3 is 9.57 Å². The normalized spacial score (nSPS) is 21.8. The number of nitrogens with one attached hydrogen (secondary N) is 1. The van der Waals surface area contributed by atoms with Gasteiger partial charge in [-0.25, -0.2) is 0 Å². The highest BCUT2D eigenvalue weighted by Gasteiger charge is 2.34. The maximum Gasteiger partial charge on any atom is 0.127 e. The first kappa shape index (κ1) is 12.7. The highest BCUT2D eigenvalue weighted by atomic mass is 35.5. The van der Waals surface area contributed by atoms with Gasteiger partial charge in [-0.15, -0.1) is 0 Å². The summed E-state index contributed by atoms with van der Waals surface area (Å²) < 4.78 is 6.03. The van der Waals surface area contributed by atoms with E-state index in [0.29, 0.717) is 0 Å². The van der Waals surface area contributed by atoms with Crippen molar-refractivity contribution in [2.75, 3.05) is 7.11 Å². The SMILES string of the molecule is CONC1CC(C)(C)Oc2c(C)cc(Cl)cc21. The number of rotatable bonds is 2. The summed E-state index contributed by atoms with van der Waals surface area (Å²) in [6.45, 7) is 6.17. The van der Waals surface area contributed by atoms with Crippen molar-refractivity contribution < 1.29 is 9.57 Å². The minimum atomic E-state index is -0.207. The molecule has 2 rings (SSSR count). The van der Waals surface area contributed by atoms with Gasteiger partial charge in [-0.3, -0.25) is 0 Å². The van der Waals surface area contributed by atoms with E-state index >= 15 is 0 Å². The third kappa shape index (κ3) is 2.57. The second kappa shape index (κ2) is 4.48. The molecule has 1 aliphatic rings. The Morgan fingerprint density at radius 1 is 1.47 bits per heavy atom. The van der Waals surface area contributed by atoms with E-state index in [9.17, 15) is 0 Å². The molecule has 0 aliphatic carbocycles. The van der Waals surface area contributed by atoms with E-state index in [1.807, 2.05) is 19.1 Å². The summed E-state index contributed by atoms with van der Waals surface area (Å²) in [5.41, 5.74) is 4.93. The lowest BCUT2D eigenvalue weighted by molar-refractivity contribution is 0.00259. The third-order valence-corrected chi connectivity index (χ3v) is 3.20. The smallest absolute Gasteiger partial charge is 0.127 e. The van der Waals surface area contributed by atoms with E-state index in [1.54, 1.807) is 7.11 Å². The Kier molecular flexibility index (Phi) is 3.34. The first-order chi connectivity index (χ1) is 7.93. The van der Waals surface area contributed by atoms with Crippen LogP contribution in [-0.2, 0) is 4.84 Å². The van der Waals surface area contributed by atoms with Crippen LogP contribution in [0.3, 0.4) is 0 Å². The van der Waals surface area contributed by atoms with Crippen molar-refractivity contribution in [3.8, 4) is 5.75 Å². The van der Waals surface area contributed by atoms with Crippen LogP contribution in [0.5, 0.6) is 5.75 Å². The van der Waals surface area contributed by atoms with E-state index < -0.39 is 0 Å². The standard InChI is InChI=1S/C13H18ClNO2/c1-8-5-9(14)6-10-11(15-16-4)7-13(2,3)17-12(8)10/h5-6,11,15H,7H2,1-4H3. The fraction of sp³-hybridized carbons (Fsp3) is 0.538. The Labute approximate surface area is 107 Å². The van der Waals surface area contributed by atoms with Crippen LogP contribution < -0.4 is 10.2 Å². The molecular weight excluding hydrogens is 238 g/mol. The molecule has 0 bridgehead atoms. The molecule has 0 aromatic heterocycles. The molecule has 1 aliphatic heterocycles. The lowest BCUT2D eigenvalue weighted by atomic mass is 9.89. The molecule has 0 fully saturated rings. The number of benzene rings is 1. The molecule has 94 valence electrons. The second-order valence-corrected chi connectivity index (χ2v) is 5.52. The van der Waals surface area contributed by atoms with Gasteiger partial charge in [0.1, 0.15) is 11.4 Å². The molecule has 0 saturated heterocycles. The Bertz CT molecular complexity index is 432. The van der Waals surface area contributed by atoms with Crippen LogP contribution >= 0.6 is 11.6 Å². The fourth-order valence-corrected chi connectivity index (χ4v) is 2.60. The summed E-state index contributed by atoms with van der Waals surface area (Å²) in [6.07, 6.45) is 0.841. The minimum Gasteiger partial charge on any atom is -0.487 e. The van der Waals surface area contributed by atoms with Crippen LogP contribution in [0.15, 0.2) is 12.1 Å². The Morgan fingerprint density at radius 2 is 2.18 bits per heavy atom. The average molecular weight is 256 g/mol. The molecular formula is C13H18ClNO2. The number of hydroxylamine groups is 1. The zero-order valence-corrected chi connectivity index (χ0v) is 11.4. The van der Waals surface area contributed by atoms with E-state index in [1.165, 1.54) is 0 Å². The monoisotopic (exact) mass is 255 g/mol. The molecule has 1 unspecified atom stereocenters. The molecule has 17 heavy (non-hydrogen) atoms. The van der Waals surface area contributed by atoms with Crippen LogP contribution in [0, 0.1) is 6.92 Å². The van der Waals surface area contributed by atoms with Crippen LogP contribution in [0.1, 0.15) is 37.4 Å². The number of fused-ring (bicyclic) bond motifs is 1. The van der Waals surface area contributed by atoms with Crippen molar-refractivity contribution in [1.82, 2.24) is 5.48 Å². The largest absolute Gasteiger partial charge is 0.487 e. The van der Waals surface area contributed by atoms with E-state index in [4.69, 9.17) is 21.2 Å². The van der Waals surface area contributed by atoms with Crippen molar-refractivity contribution in [3.05, 3.63) is 28.3 Å². The van der Waals surface area contributed by atoms with Crippen LogP contribution in [0.25, 0.3) is 0 Å². The molecule has 0 spiro atoms. The molecule has 4 heteroatoms. The number of ether oxygens (including phenoxy) is 1. The highest BCUT2D eigenvalue weighted by molar-refractivity contribution is 6.30. The van der Waals surface area contributed by atoms with Gasteiger partial charge in [-0.05, 0) is 38.5 Å². The zero-order chi connectivity index (χ0) is 12.6. The number of hydrogen-bond acceptors (Lipinski definition) is 3. The third-order valence-electron chi connectivity index (χ3n) is 2.98. The number of hydrogen-bond donors (Lipinski definition) is 1. The van der Waals surface area contributed by atoms with Crippen LogP contribution in [0.4, 0.5) is 0 Å². The Hall–Kier alpha value is -0.770. The van der Waals surface area contributed by atoms with Gasteiger partial charge in [0, 0.05) is 17.0 Å². The quantitative estimate of drug-likeness (QED) is 0.822. The van der Waals surface area contributed by atoms with E-state index in [0.717, 1.165) is 28.3 Å². The van der Waals surface area contributed by atoms with Crippen molar-refractivity contribution in [3.63, 3.8) is 0 Å². The summed E-state index contributed by atoms with van der Waals surface area (Å²) >= 11 is 6.09. The molecule has 0 saturated carbocycles. The first-order valence-electron chi connectivity index (χ1n) is 5.70. The highest BCUT2D eigenvalue weighted by Crippen LogP contribution is 2.42. The van der Waals surface area contributed by atoms with Gasteiger partial charge in [0.15, 0.2) is 0 Å². The van der Waals surface area contributed by atoms with Gasteiger partial charge in [0.2, 0.25) is 0 Å². The number of aryl methyl sites for hydroxylation is 1. The van der Waals surface area contributed by atoms with Crippen molar-refractivity contribution in [1.29, 1.82) is 0 Å². The second-order valence-electron chi connectivity index (χ2n) is 5.08. The van der Waals surface area contributed by atoms with Crippen molar-refractivity contribution in [2.24, 2.45) is 0 Å². The first-order valence-corrected chi connectivity index (χ1v) is 6.08. The number of halogens is 1. The van der Waals surface area contributed by atoms with E-state index in [-0.39, 0.29) is 11.6 Å². The summed E-state index contributed by atoms with van der Waals surface area (Å²) in [5.74, 6) is 0.917.